The van der Waals surface area contributed by atoms with Crippen molar-refractivity contribution in [2.24, 2.45) is 0 Å². The number of alkyl halides is 3. The minimum Gasteiger partial charge on any atom is -0.449 e. The topological polar surface area (TPSA) is 65.2 Å². The first kappa shape index (κ1) is 18.6. The monoisotopic (exact) mass is 380 g/mol. The molecule has 0 fully saturated rings. The molecule has 0 saturated carbocycles. The summed E-state index contributed by atoms with van der Waals surface area (Å²) >= 11 is 0. The van der Waals surface area contributed by atoms with E-state index in [1.54, 1.807) is 0 Å². The Morgan fingerprint density at radius 1 is 1.04 bits per heavy atom. The summed E-state index contributed by atoms with van der Waals surface area (Å²) in [6.07, 6.45) is -5.42. The van der Waals surface area contributed by atoms with E-state index in [9.17, 15) is 22.4 Å². The molecule has 0 spiro atoms. The van der Waals surface area contributed by atoms with Crippen LogP contribution in [0.5, 0.6) is 0 Å². The zero-order valence-electron chi connectivity index (χ0n) is 13.8. The highest BCUT2D eigenvalue weighted by Crippen LogP contribution is 2.29. The Hall–Kier alpha value is -3.23. The van der Waals surface area contributed by atoms with Crippen LogP contribution < -0.4 is 0 Å². The molecule has 0 saturated heterocycles. The summed E-state index contributed by atoms with van der Waals surface area (Å²) in [5.74, 6) is -1.15. The first-order chi connectivity index (χ1) is 12.7. The molecule has 2 aromatic carbocycles. The summed E-state index contributed by atoms with van der Waals surface area (Å²) in [6.45, 7) is 1.48. The summed E-state index contributed by atoms with van der Waals surface area (Å²) in [7, 11) is 0. The van der Waals surface area contributed by atoms with Crippen LogP contribution >= 0.6 is 0 Å². The molecule has 0 aliphatic carbocycles. The first-order valence-corrected chi connectivity index (χ1v) is 7.71. The SMILES string of the molecule is C[C@@H](OC(=O)c1ccc(C(F)(F)F)cc1)c1nnc(-c2ccc(F)cc2)o1. The van der Waals surface area contributed by atoms with Crippen molar-refractivity contribution < 1.29 is 31.5 Å². The van der Waals surface area contributed by atoms with Gasteiger partial charge >= 0.3 is 12.1 Å². The number of hydrogen-bond acceptors (Lipinski definition) is 5. The van der Waals surface area contributed by atoms with Gasteiger partial charge in [0.05, 0.1) is 11.1 Å². The second-order valence-corrected chi connectivity index (χ2v) is 5.57. The van der Waals surface area contributed by atoms with Crippen LogP contribution in [0.25, 0.3) is 11.5 Å². The molecule has 0 radical (unpaired) electrons. The maximum absolute atomic E-state index is 12.9. The molecule has 0 N–H and O–H groups in total. The summed E-state index contributed by atoms with van der Waals surface area (Å²) < 4.78 is 61.1. The highest BCUT2D eigenvalue weighted by atomic mass is 19.4. The second-order valence-electron chi connectivity index (χ2n) is 5.57. The average Bonchev–Trinajstić information content (AvgIpc) is 3.12. The van der Waals surface area contributed by atoms with E-state index in [-0.39, 0.29) is 17.3 Å². The fourth-order valence-electron chi connectivity index (χ4n) is 2.18. The van der Waals surface area contributed by atoms with E-state index in [0.717, 1.165) is 24.3 Å². The third-order valence-corrected chi connectivity index (χ3v) is 3.61. The number of carbonyl (C=O) groups excluding carboxylic acids is 1. The van der Waals surface area contributed by atoms with Gasteiger partial charge in [0.1, 0.15) is 5.82 Å². The van der Waals surface area contributed by atoms with Gasteiger partial charge in [0.15, 0.2) is 6.10 Å². The number of nitrogens with zero attached hydrogens (tertiary/aromatic N) is 2. The Morgan fingerprint density at radius 2 is 1.67 bits per heavy atom. The molecule has 0 bridgehead atoms. The molecule has 0 amide bonds. The van der Waals surface area contributed by atoms with Crippen LogP contribution in [-0.4, -0.2) is 16.2 Å². The van der Waals surface area contributed by atoms with E-state index < -0.39 is 29.6 Å². The van der Waals surface area contributed by atoms with Crippen LogP contribution in [0, 0.1) is 5.82 Å². The van der Waals surface area contributed by atoms with Crippen LogP contribution in [0.1, 0.15) is 34.8 Å². The highest BCUT2D eigenvalue weighted by molar-refractivity contribution is 5.89. The van der Waals surface area contributed by atoms with Crippen molar-refractivity contribution in [2.75, 3.05) is 0 Å². The molecule has 5 nitrogen and oxygen atoms in total. The summed E-state index contributed by atoms with van der Waals surface area (Å²) in [5, 5.41) is 7.57. The molecule has 3 aromatic rings. The number of carbonyl (C=O) groups is 1. The van der Waals surface area contributed by atoms with Gasteiger partial charge in [-0.05, 0) is 55.5 Å². The van der Waals surface area contributed by atoms with E-state index in [2.05, 4.69) is 10.2 Å². The Balaban J connectivity index is 1.69. The van der Waals surface area contributed by atoms with Gasteiger partial charge < -0.3 is 9.15 Å². The molecule has 0 aliphatic heterocycles. The highest BCUT2D eigenvalue weighted by Gasteiger charge is 2.30. The van der Waals surface area contributed by atoms with Crippen molar-refractivity contribution in [1.82, 2.24) is 10.2 Å². The Labute approximate surface area is 150 Å². The predicted molar refractivity (Wildman–Crippen MR) is 85.0 cm³/mol. The zero-order chi connectivity index (χ0) is 19.6. The van der Waals surface area contributed by atoms with Crippen molar-refractivity contribution in [3.05, 3.63) is 71.4 Å². The summed E-state index contributed by atoms with van der Waals surface area (Å²) in [4.78, 5) is 12.1. The number of aromatic nitrogens is 2. The van der Waals surface area contributed by atoms with E-state index in [1.807, 2.05) is 0 Å². The average molecular weight is 380 g/mol. The third-order valence-electron chi connectivity index (χ3n) is 3.61. The normalized spacial score (nSPS) is 12.6. The molecular weight excluding hydrogens is 368 g/mol. The zero-order valence-corrected chi connectivity index (χ0v) is 13.8. The lowest BCUT2D eigenvalue weighted by Gasteiger charge is -2.10. The number of ether oxygens (including phenoxy) is 1. The van der Waals surface area contributed by atoms with Crippen LogP contribution in [0.15, 0.2) is 52.9 Å². The van der Waals surface area contributed by atoms with Gasteiger partial charge in [-0.15, -0.1) is 10.2 Å². The fraction of sp³-hybridized carbons (Fsp3) is 0.167. The van der Waals surface area contributed by atoms with Crippen molar-refractivity contribution in [3.63, 3.8) is 0 Å². The predicted octanol–water partition coefficient (Wildman–Crippen LogP) is 4.81. The standard InChI is InChI=1S/C18H12F4N2O3/c1-10(15-23-24-16(27-15)11-4-8-14(19)9-5-11)26-17(25)12-2-6-13(7-3-12)18(20,21)22/h2-10H,1H3/t10-/m1/s1. The number of esters is 1. The second kappa shape index (κ2) is 7.18. The molecule has 3 rings (SSSR count). The lowest BCUT2D eigenvalue weighted by atomic mass is 10.1. The third kappa shape index (κ3) is 4.30. The number of hydrogen-bond donors (Lipinski definition) is 0. The van der Waals surface area contributed by atoms with Gasteiger partial charge in [0.25, 0.3) is 5.89 Å². The van der Waals surface area contributed by atoms with Crippen molar-refractivity contribution in [3.8, 4) is 11.5 Å². The quantitative estimate of drug-likeness (QED) is 0.480. The van der Waals surface area contributed by atoms with E-state index >= 15 is 0 Å². The molecule has 1 heterocycles. The van der Waals surface area contributed by atoms with Gasteiger partial charge in [-0.3, -0.25) is 0 Å². The van der Waals surface area contributed by atoms with E-state index in [0.29, 0.717) is 5.56 Å². The van der Waals surface area contributed by atoms with Crippen LogP contribution in [0.3, 0.4) is 0 Å². The van der Waals surface area contributed by atoms with E-state index in [1.165, 1.54) is 31.2 Å². The van der Waals surface area contributed by atoms with Crippen LogP contribution in [0.4, 0.5) is 17.6 Å². The molecule has 0 aliphatic rings. The molecule has 140 valence electrons. The molecule has 1 aromatic heterocycles. The molecule has 27 heavy (non-hydrogen) atoms. The molecule has 1 atom stereocenters. The molecule has 9 heteroatoms. The fourth-order valence-corrected chi connectivity index (χ4v) is 2.18. The lowest BCUT2D eigenvalue weighted by molar-refractivity contribution is -0.137. The Morgan fingerprint density at radius 3 is 2.26 bits per heavy atom. The maximum Gasteiger partial charge on any atom is 0.416 e. The summed E-state index contributed by atoms with van der Waals surface area (Å²) in [5.41, 5.74) is -0.433. The number of halogens is 4. The van der Waals surface area contributed by atoms with Gasteiger partial charge in [-0.2, -0.15) is 13.2 Å². The first-order valence-electron chi connectivity index (χ1n) is 7.71. The molecular formula is C18H12F4N2O3. The van der Waals surface area contributed by atoms with Gasteiger partial charge in [-0.1, -0.05) is 0 Å². The minimum absolute atomic E-state index is 0.00501. The molecule has 0 unspecified atom stereocenters. The Bertz CT molecular complexity index is 934. The maximum atomic E-state index is 12.9. The minimum atomic E-state index is -4.49. The number of rotatable bonds is 4. The van der Waals surface area contributed by atoms with Crippen molar-refractivity contribution in [2.45, 2.75) is 19.2 Å². The van der Waals surface area contributed by atoms with Crippen LogP contribution in [-0.2, 0) is 10.9 Å². The van der Waals surface area contributed by atoms with Crippen molar-refractivity contribution >= 4 is 5.97 Å². The summed E-state index contributed by atoms with van der Waals surface area (Å²) in [6, 6.07) is 8.99. The Kier molecular flexibility index (Phi) is 4.93. The van der Waals surface area contributed by atoms with Crippen molar-refractivity contribution in [1.29, 1.82) is 0 Å². The van der Waals surface area contributed by atoms with Gasteiger partial charge in [0, 0.05) is 5.56 Å². The number of benzene rings is 2. The van der Waals surface area contributed by atoms with Gasteiger partial charge in [0.2, 0.25) is 5.89 Å². The lowest BCUT2D eigenvalue weighted by Crippen LogP contribution is -2.11. The van der Waals surface area contributed by atoms with E-state index in [4.69, 9.17) is 9.15 Å². The van der Waals surface area contributed by atoms with Crippen LogP contribution in [0.2, 0.25) is 0 Å². The smallest absolute Gasteiger partial charge is 0.416 e. The largest absolute Gasteiger partial charge is 0.449 e. The van der Waals surface area contributed by atoms with Gasteiger partial charge in [-0.25, -0.2) is 9.18 Å².